The van der Waals surface area contributed by atoms with Gasteiger partial charge in [-0.15, -0.1) is 0 Å². The van der Waals surface area contributed by atoms with Crippen molar-refractivity contribution in [2.24, 2.45) is 0 Å². The Bertz CT molecular complexity index is 80.2. The highest BCUT2D eigenvalue weighted by molar-refractivity contribution is 5.56. The molecule has 0 rings (SSSR count). The van der Waals surface area contributed by atoms with E-state index in [1.807, 2.05) is 13.8 Å². The second kappa shape index (κ2) is 11.1. The van der Waals surface area contributed by atoms with Crippen molar-refractivity contribution in [1.82, 2.24) is 5.32 Å². The Morgan fingerprint density at radius 3 is 2.50 bits per heavy atom. The van der Waals surface area contributed by atoms with Crippen molar-refractivity contribution in [3.05, 3.63) is 0 Å². The van der Waals surface area contributed by atoms with Crippen LogP contribution in [0.5, 0.6) is 0 Å². The highest BCUT2D eigenvalue weighted by Crippen LogP contribution is 1.71. The predicted molar refractivity (Wildman–Crippen MR) is 41.4 cm³/mol. The summed E-state index contributed by atoms with van der Waals surface area (Å²) in [5.74, 6) is 0. The number of rotatable bonds is 3. The minimum Gasteiger partial charge on any atom is -0.450 e. The van der Waals surface area contributed by atoms with E-state index in [0.717, 1.165) is 0 Å². The lowest BCUT2D eigenvalue weighted by molar-refractivity contribution is 0.0929. The first kappa shape index (κ1) is 12.0. The Morgan fingerprint density at radius 1 is 1.70 bits per heavy atom. The Hall–Kier alpha value is -0.770. The lowest BCUT2D eigenvalue weighted by Crippen LogP contribution is -2.16. The van der Waals surface area contributed by atoms with Crippen LogP contribution in [0.15, 0.2) is 0 Å². The van der Waals surface area contributed by atoms with Crippen molar-refractivity contribution >= 4 is 6.16 Å². The number of ether oxygens (including phenoxy) is 1. The summed E-state index contributed by atoms with van der Waals surface area (Å²) in [4.78, 5) is 9.62. The molecule has 0 saturated carbocycles. The maximum atomic E-state index is 9.62. The molecule has 0 amide bonds. The summed E-state index contributed by atoms with van der Waals surface area (Å²) in [6.45, 7) is 4.78. The molecule has 0 saturated heterocycles. The quantitative estimate of drug-likeness (QED) is 0.469. The van der Waals surface area contributed by atoms with Gasteiger partial charge in [0.2, 0.25) is 0 Å². The third kappa shape index (κ3) is 15.7. The zero-order valence-corrected chi connectivity index (χ0v) is 6.68. The number of hydrogen-bond acceptors (Lipinski definition) is 3. The molecule has 0 aromatic heterocycles. The van der Waals surface area contributed by atoms with Crippen molar-refractivity contribution in [2.45, 2.75) is 13.8 Å². The van der Waals surface area contributed by atoms with E-state index in [9.17, 15) is 4.79 Å². The van der Waals surface area contributed by atoms with Gasteiger partial charge in [-0.05, 0) is 7.05 Å². The number of carboxylic acid groups (broad SMARTS) is 1. The zero-order valence-electron chi connectivity index (χ0n) is 6.68. The standard InChI is InChI=1S/C4H9NO3.C2H6.H2/c1-5-2-3-8-4(6)7;1-2;/h5H,2-3H2,1H3,(H,6,7);1-2H3;1H. The van der Waals surface area contributed by atoms with Crippen LogP contribution in [0.3, 0.4) is 0 Å². The van der Waals surface area contributed by atoms with Crippen LogP contribution in [0.1, 0.15) is 15.3 Å². The molecular formula is C6H17NO3. The van der Waals surface area contributed by atoms with Gasteiger partial charge >= 0.3 is 6.16 Å². The third-order valence-corrected chi connectivity index (χ3v) is 0.578. The van der Waals surface area contributed by atoms with Crippen molar-refractivity contribution in [2.75, 3.05) is 20.2 Å². The maximum absolute atomic E-state index is 9.62. The van der Waals surface area contributed by atoms with E-state index in [0.29, 0.717) is 6.54 Å². The van der Waals surface area contributed by atoms with Gasteiger partial charge in [-0.25, -0.2) is 4.79 Å². The monoisotopic (exact) mass is 151 g/mol. The van der Waals surface area contributed by atoms with Crippen LogP contribution in [0.25, 0.3) is 0 Å². The molecule has 4 heteroatoms. The fourth-order valence-electron chi connectivity index (χ4n) is 0.240. The fourth-order valence-corrected chi connectivity index (χ4v) is 0.240. The van der Waals surface area contributed by atoms with E-state index in [2.05, 4.69) is 10.1 Å². The first-order valence-corrected chi connectivity index (χ1v) is 3.27. The number of nitrogens with one attached hydrogen (secondary N) is 1. The Labute approximate surface area is 62.7 Å². The molecule has 0 fully saturated rings. The molecule has 0 atom stereocenters. The molecule has 0 heterocycles. The normalized spacial score (nSPS) is 7.50. The summed E-state index contributed by atoms with van der Waals surface area (Å²) >= 11 is 0. The molecule has 0 aliphatic heterocycles. The van der Waals surface area contributed by atoms with E-state index >= 15 is 0 Å². The summed E-state index contributed by atoms with van der Waals surface area (Å²) in [7, 11) is 1.73. The van der Waals surface area contributed by atoms with Gasteiger partial charge in [-0.2, -0.15) is 0 Å². The second-order valence-corrected chi connectivity index (χ2v) is 1.22. The average molecular weight is 151 g/mol. The predicted octanol–water partition coefficient (Wildman–Crippen LogP) is 1.17. The topological polar surface area (TPSA) is 58.6 Å². The molecule has 0 aliphatic carbocycles. The van der Waals surface area contributed by atoms with Crippen molar-refractivity contribution in [3.63, 3.8) is 0 Å². The molecule has 2 N–H and O–H groups in total. The average Bonchev–Trinajstić information content (AvgIpc) is 1.92. The summed E-state index contributed by atoms with van der Waals surface area (Å²) in [6, 6.07) is 0. The molecule has 0 aromatic rings. The summed E-state index contributed by atoms with van der Waals surface area (Å²) in [5, 5.41) is 10.6. The largest absolute Gasteiger partial charge is 0.505 e. The number of hydrogen-bond donors (Lipinski definition) is 2. The number of carbonyl (C=O) groups is 1. The van der Waals surface area contributed by atoms with E-state index in [4.69, 9.17) is 5.11 Å². The van der Waals surface area contributed by atoms with E-state index in [-0.39, 0.29) is 8.03 Å². The van der Waals surface area contributed by atoms with Crippen LogP contribution in [0.4, 0.5) is 4.79 Å². The molecule has 0 spiro atoms. The maximum Gasteiger partial charge on any atom is 0.505 e. The van der Waals surface area contributed by atoms with Crippen LogP contribution < -0.4 is 5.32 Å². The van der Waals surface area contributed by atoms with Crippen molar-refractivity contribution in [3.8, 4) is 0 Å². The van der Waals surface area contributed by atoms with Gasteiger partial charge in [0.15, 0.2) is 0 Å². The molecule has 0 aliphatic rings. The minimum absolute atomic E-state index is 0. The number of likely N-dealkylation sites (N-methyl/N-ethyl adjacent to an activating group) is 1. The Balaban J connectivity index is -0.000000196. The van der Waals surface area contributed by atoms with Gasteiger partial charge in [0.05, 0.1) is 0 Å². The smallest absolute Gasteiger partial charge is 0.450 e. The van der Waals surface area contributed by atoms with Gasteiger partial charge in [-0.1, -0.05) is 13.8 Å². The highest BCUT2D eigenvalue weighted by Gasteiger charge is 1.91. The SMILES string of the molecule is CC.CNCCOC(=O)O.[HH]. The van der Waals surface area contributed by atoms with Crippen LogP contribution >= 0.6 is 0 Å². The molecule has 4 nitrogen and oxygen atoms in total. The summed E-state index contributed by atoms with van der Waals surface area (Å²) in [5.41, 5.74) is 0. The Morgan fingerprint density at radius 2 is 2.20 bits per heavy atom. The fraction of sp³-hybridized carbons (Fsp3) is 0.833. The minimum atomic E-state index is -1.22. The van der Waals surface area contributed by atoms with Crippen molar-refractivity contribution in [1.29, 1.82) is 0 Å². The molecule has 10 heavy (non-hydrogen) atoms. The van der Waals surface area contributed by atoms with E-state index in [1.54, 1.807) is 7.05 Å². The van der Waals surface area contributed by atoms with Crippen LogP contribution in [0, 0.1) is 0 Å². The lowest BCUT2D eigenvalue weighted by atomic mass is 10.7. The van der Waals surface area contributed by atoms with Gasteiger partial charge < -0.3 is 15.2 Å². The third-order valence-electron chi connectivity index (χ3n) is 0.578. The first-order valence-electron chi connectivity index (χ1n) is 3.27. The molecule has 0 unspecified atom stereocenters. The molecule has 0 aromatic carbocycles. The lowest BCUT2D eigenvalue weighted by Gasteiger charge is -1.96. The Kier molecular flexibility index (Phi) is 13.3. The van der Waals surface area contributed by atoms with Gasteiger partial charge in [-0.3, -0.25) is 0 Å². The first-order chi connectivity index (χ1) is 4.77. The van der Waals surface area contributed by atoms with Crippen LogP contribution in [-0.2, 0) is 4.74 Å². The van der Waals surface area contributed by atoms with E-state index < -0.39 is 6.16 Å². The van der Waals surface area contributed by atoms with Crippen LogP contribution in [0.2, 0.25) is 0 Å². The van der Waals surface area contributed by atoms with Gasteiger partial charge in [0.25, 0.3) is 0 Å². The molecular weight excluding hydrogens is 134 g/mol. The molecule has 0 bridgehead atoms. The van der Waals surface area contributed by atoms with E-state index in [1.165, 1.54) is 0 Å². The van der Waals surface area contributed by atoms with Crippen molar-refractivity contribution < 1.29 is 16.1 Å². The molecule has 64 valence electrons. The summed E-state index contributed by atoms with van der Waals surface area (Å²) in [6.07, 6.45) is -1.22. The van der Waals surface area contributed by atoms with Gasteiger partial charge in [0.1, 0.15) is 6.61 Å². The van der Waals surface area contributed by atoms with Gasteiger partial charge in [0, 0.05) is 7.97 Å². The van der Waals surface area contributed by atoms with Crippen LogP contribution in [-0.4, -0.2) is 31.5 Å². The summed E-state index contributed by atoms with van der Waals surface area (Å²) < 4.78 is 4.14. The zero-order chi connectivity index (χ0) is 8.41. The molecule has 0 radical (unpaired) electrons. The highest BCUT2D eigenvalue weighted by atomic mass is 16.7. The second-order valence-electron chi connectivity index (χ2n) is 1.22.